The van der Waals surface area contributed by atoms with E-state index >= 15 is 0 Å². The minimum absolute atomic E-state index is 0.0133. The molecule has 1 heterocycles. The summed E-state index contributed by atoms with van der Waals surface area (Å²) in [6, 6.07) is 3.24. The lowest BCUT2D eigenvalue weighted by Gasteiger charge is -2.27. The Kier molecular flexibility index (Phi) is 6.34. The molecule has 6 nitrogen and oxygen atoms in total. The van der Waals surface area contributed by atoms with E-state index in [2.05, 4.69) is 10.3 Å². The molecule has 1 atom stereocenters. The van der Waals surface area contributed by atoms with Crippen molar-refractivity contribution in [1.29, 1.82) is 0 Å². The van der Waals surface area contributed by atoms with Crippen LogP contribution < -0.4 is 10.1 Å². The number of aromatic nitrogens is 1. The highest BCUT2D eigenvalue weighted by Gasteiger charge is 2.35. The van der Waals surface area contributed by atoms with E-state index in [1.807, 2.05) is 20.8 Å². The quantitative estimate of drug-likeness (QED) is 0.782. The molecule has 0 aliphatic carbocycles. The van der Waals surface area contributed by atoms with Crippen LogP contribution in [0, 0.1) is 0 Å². The van der Waals surface area contributed by atoms with Gasteiger partial charge in [0, 0.05) is 12.3 Å². The first-order chi connectivity index (χ1) is 10.3. The molecule has 0 radical (unpaired) electrons. The molecule has 0 fully saturated rings. The van der Waals surface area contributed by atoms with Gasteiger partial charge < -0.3 is 14.8 Å². The SMILES string of the molecule is CCCC(C)(NC(=O)c1ccc(OC(C)C)nc1)C(=O)OC. The third-order valence-corrected chi connectivity index (χ3v) is 3.13. The molecule has 1 unspecified atom stereocenters. The van der Waals surface area contributed by atoms with Crippen molar-refractivity contribution in [2.75, 3.05) is 7.11 Å². The minimum atomic E-state index is -1.05. The highest BCUT2D eigenvalue weighted by atomic mass is 16.5. The maximum absolute atomic E-state index is 12.3. The molecule has 0 saturated carbocycles. The van der Waals surface area contributed by atoms with Crippen LogP contribution >= 0.6 is 0 Å². The van der Waals surface area contributed by atoms with Crippen LogP contribution in [0.3, 0.4) is 0 Å². The summed E-state index contributed by atoms with van der Waals surface area (Å²) < 4.78 is 10.2. The number of nitrogens with zero attached hydrogens (tertiary/aromatic N) is 1. The lowest BCUT2D eigenvalue weighted by molar-refractivity contribution is -0.147. The highest BCUT2D eigenvalue weighted by molar-refractivity contribution is 5.97. The van der Waals surface area contributed by atoms with E-state index in [0.717, 1.165) is 6.42 Å². The number of carbonyl (C=O) groups excluding carboxylic acids is 2. The van der Waals surface area contributed by atoms with Gasteiger partial charge in [-0.25, -0.2) is 9.78 Å². The maximum atomic E-state index is 12.3. The molecule has 0 spiro atoms. The van der Waals surface area contributed by atoms with Crippen LogP contribution in [-0.4, -0.2) is 35.6 Å². The summed E-state index contributed by atoms with van der Waals surface area (Å²) in [5.41, 5.74) is -0.685. The monoisotopic (exact) mass is 308 g/mol. The number of hydrogen-bond acceptors (Lipinski definition) is 5. The van der Waals surface area contributed by atoms with Crippen molar-refractivity contribution in [1.82, 2.24) is 10.3 Å². The fraction of sp³-hybridized carbons (Fsp3) is 0.562. The Morgan fingerprint density at radius 1 is 1.36 bits per heavy atom. The number of nitrogens with one attached hydrogen (secondary N) is 1. The van der Waals surface area contributed by atoms with Crippen LogP contribution in [0.5, 0.6) is 5.88 Å². The number of amides is 1. The number of carbonyl (C=O) groups is 2. The molecule has 1 N–H and O–H groups in total. The Hall–Kier alpha value is -2.11. The molecule has 0 saturated heterocycles. The molecular formula is C16H24N2O4. The van der Waals surface area contributed by atoms with Gasteiger partial charge in [-0.15, -0.1) is 0 Å². The predicted octanol–water partition coefficient (Wildman–Crippen LogP) is 2.33. The van der Waals surface area contributed by atoms with Gasteiger partial charge in [-0.2, -0.15) is 0 Å². The van der Waals surface area contributed by atoms with Crippen LogP contribution in [0.2, 0.25) is 0 Å². The first-order valence-electron chi connectivity index (χ1n) is 7.36. The summed E-state index contributed by atoms with van der Waals surface area (Å²) in [4.78, 5) is 28.3. The van der Waals surface area contributed by atoms with Crippen LogP contribution in [0.15, 0.2) is 18.3 Å². The summed E-state index contributed by atoms with van der Waals surface area (Å²) in [5.74, 6) is -0.379. The Morgan fingerprint density at radius 3 is 2.50 bits per heavy atom. The molecular weight excluding hydrogens is 284 g/mol. The second-order valence-electron chi connectivity index (χ2n) is 5.58. The van der Waals surface area contributed by atoms with Gasteiger partial charge in [0.25, 0.3) is 5.91 Å². The molecule has 1 rings (SSSR count). The molecule has 0 aromatic carbocycles. The molecule has 0 aliphatic rings. The van der Waals surface area contributed by atoms with Crippen molar-refractivity contribution in [3.05, 3.63) is 23.9 Å². The molecule has 0 bridgehead atoms. The molecule has 0 aliphatic heterocycles. The van der Waals surface area contributed by atoms with Gasteiger partial charge in [-0.1, -0.05) is 13.3 Å². The van der Waals surface area contributed by atoms with Gasteiger partial charge in [0.1, 0.15) is 5.54 Å². The number of ether oxygens (including phenoxy) is 2. The largest absolute Gasteiger partial charge is 0.475 e. The van der Waals surface area contributed by atoms with Crippen LogP contribution in [0.25, 0.3) is 0 Å². The summed E-state index contributed by atoms with van der Waals surface area (Å²) in [6.45, 7) is 7.39. The van der Waals surface area contributed by atoms with Gasteiger partial charge in [0.15, 0.2) is 0 Å². The van der Waals surface area contributed by atoms with Crippen molar-refractivity contribution in [3.63, 3.8) is 0 Å². The zero-order valence-electron chi connectivity index (χ0n) is 13.8. The fourth-order valence-electron chi connectivity index (χ4n) is 2.09. The maximum Gasteiger partial charge on any atom is 0.331 e. The zero-order valence-corrected chi connectivity index (χ0v) is 13.8. The third kappa shape index (κ3) is 4.72. The standard InChI is InChI=1S/C16H24N2O4/c1-6-9-16(4,15(20)21-5)18-14(19)12-7-8-13(17-10-12)22-11(2)3/h7-8,10-11H,6,9H2,1-5H3,(H,18,19). The first-order valence-corrected chi connectivity index (χ1v) is 7.36. The summed E-state index contributed by atoms with van der Waals surface area (Å²) >= 11 is 0. The van der Waals surface area contributed by atoms with Crippen molar-refractivity contribution in [2.24, 2.45) is 0 Å². The normalized spacial score (nSPS) is 13.4. The lowest BCUT2D eigenvalue weighted by Crippen LogP contribution is -2.52. The van der Waals surface area contributed by atoms with E-state index in [9.17, 15) is 9.59 Å². The van der Waals surface area contributed by atoms with Crippen LogP contribution in [0.4, 0.5) is 0 Å². The topological polar surface area (TPSA) is 77.5 Å². The second kappa shape index (κ2) is 7.77. The Bertz CT molecular complexity index is 513. The van der Waals surface area contributed by atoms with Crippen LogP contribution in [-0.2, 0) is 9.53 Å². The average molecular weight is 308 g/mol. The molecule has 122 valence electrons. The Balaban J connectivity index is 2.84. The minimum Gasteiger partial charge on any atom is -0.475 e. The van der Waals surface area contributed by atoms with Crippen LogP contribution in [0.1, 0.15) is 50.9 Å². The van der Waals surface area contributed by atoms with Crippen molar-refractivity contribution in [3.8, 4) is 5.88 Å². The van der Waals surface area contributed by atoms with E-state index < -0.39 is 11.5 Å². The first kappa shape index (κ1) is 17.9. The lowest BCUT2D eigenvalue weighted by atomic mass is 9.95. The van der Waals surface area contributed by atoms with Crippen molar-refractivity contribution in [2.45, 2.75) is 52.2 Å². The molecule has 22 heavy (non-hydrogen) atoms. The van der Waals surface area contributed by atoms with Crippen molar-refractivity contribution < 1.29 is 19.1 Å². The average Bonchev–Trinajstić information content (AvgIpc) is 2.46. The molecule has 1 aromatic heterocycles. The predicted molar refractivity (Wildman–Crippen MR) is 82.8 cm³/mol. The third-order valence-electron chi connectivity index (χ3n) is 3.13. The van der Waals surface area contributed by atoms with E-state index in [1.165, 1.54) is 13.3 Å². The molecule has 1 amide bonds. The number of rotatable bonds is 7. The van der Waals surface area contributed by atoms with E-state index in [0.29, 0.717) is 17.9 Å². The van der Waals surface area contributed by atoms with E-state index in [4.69, 9.17) is 9.47 Å². The number of esters is 1. The summed E-state index contributed by atoms with van der Waals surface area (Å²) in [5, 5.41) is 2.73. The van der Waals surface area contributed by atoms with Gasteiger partial charge in [0.2, 0.25) is 5.88 Å². The molecule has 6 heteroatoms. The highest BCUT2D eigenvalue weighted by Crippen LogP contribution is 2.16. The number of pyridine rings is 1. The fourth-order valence-corrected chi connectivity index (χ4v) is 2.09. The number of methoxy groups -OCH3 is 1. The van der Waals surface area contributed by atoms with Crippen molar-refractivity contribution >= 4 is 11.9 Å². The van der Waals surface area contributed by atoms with Gasteiger partial charge in [-0.3, -0.25) is 4.79 Å². The Morgan fingerprint density at radius 2 is 2.05 bits per heavy atom. The smallest absolute Gasteiger partial charge is 0.331 e. The van der Waals surface area contributed by atoms with Gasteiger partial charge in [-0.05, 0) is 33.3 Å². The molecule has 1 aromatic rings. The summed E-state index contributed by atoms with van der Waals surface area (Å²) in [7, 11) is 1.31. The second-order valence-corrected chi connectivity index (χ2v) is 5.58. The van der Waals surface area contributed by atoms with Gasteiger partial charge >= 0.3 is 5.97 Å². The Labute approximate surface area is 131 Å². The van der Waals surface area contributed by atoms with E-state index in [-0.39, 0.29) is 12.0 Å². The number of hydrogen-bond donors (Lipinski definition) is 1. The van der Waals surface area contributed by atoms with E-state index in [1.54, 1.807) is 19.1 Å². The zero-order chi connectivity index (χ0) is 16.8. The summed E-state index contributed by atoms with van der Waals surface area (Å²) in [6.07, 6.45) is 2.68. The van der Waals surface area contributed by atoms with Gasteiger partial charge in [0.05, 0.1) is 18.8 Å².